The maximum Gasteiger partial charge on any atom is 0.335 e. The van der Waals surface area contributed by atoms with E-state index in [1.165, 1.54) is 18.2 Å². The third-order valence-corrected chi connectivity index (χ3v) is 2.73. The summed E-state index contributed by atoms with van der Waals surface area (Å²) >= 11 is 5.90. The average Bonchev–Trinajstić information content (AvgIpc) is 2.77. The minimum Gasteiger partial charge on any atom is -0.478 e. The lowest BCUT2D eigenvalue weighted by Crippen LogP contribution is -2.20. The lowest BCUT2D eigenvalue weighted by molar-refractivity contribution is 0.0697. The van der Waals surface area contributed by atoms with E-state index in [1.54, 1.807) is 24.0 Å². The van der Waals surface area contributed by atoms with Crippen molar-refractivity contribution in [2.24, 2.45) is 7.05 Å². The van der Waals surface area contributed by atoms with Crippen molar-refractivity contribution in [3.05, 3.63) is 41.0 Å². The number of halogens is 1. The zero-order chi connectivity index (χ0) is 14.7. The molecule has 0 radical (unpaired) electrons. The minimum atomic E-state index is -1.09. The number of carboxylic acids is 1. The van der Waals surface area contributed by atoms with Crippen LogP contribution in [-0.4, -0.2) is 26.9 Å². The monoisotopic (exact) mass is 294 g/mol. The quantitative estimate of drug-likeness (QED) is 0.810. The summed E-state index contributed by atoms with van der Waals surface area (Å²) in [6, 6.07) is 5.15. The number of aromatic carboxylic acids is 1. The van der Waals surface area contributed by atoms with Gasteiger partial charge in [0.15, 0.2) is 5.82 Å². The van der Waals surface area contributed by atoms with Crippen LogP contribution < -0.4 is 10.6 Å². The van der Waals surface area contributed by atoms with E-state index >= 15 is 0 Å². The fourth-order valence-electron chi connectivity index (χ4n) is 1.50. The van der Waals surface area contributed by atoms with Gasteiger partial charge in [0.2, 0.25) is 0 Å². The summed E-state index contributed by atoms with van der Waals surface area (Å²) in [5.74, 6) is -0.695. The first-order chi connectivity index (χ1) is 9.45. The number of carboxylic acid groups (broad SMARTS) is 1. The van der Waals surface area contributed by atoms with Gasteiger partial charge in [-0.2, -0.15) is 5.10 Å². The Morgan fingerprint density at radius 1 is 1.30 bits per heavy atom. The van der Waals surface area contributed by atoms with Crippen molar-refractivity contribution in [3.8, 4) is 0 Å². The van der Waals surface area contributed by atoms with Crippen LogP contribution in [0.5, 0.6) is 0 Å². The molecule has 20 heavy (non-hydrogen) atoms. The van der Waals surface area contributed by atoms with E-state index in [9.17, 15) is 9.59 Å². The van der Waals surface area contributed by atoms with Gasteiger partial charge in [0.05, 0.1) is 16.3 Å². The van der Waals surface area contributed by atoms with Crippen molar-refractivity contribution in [1.29, 1.82) is 0 Å². The number of aryl methyl sites for hydroxylation is 1. The zero-order valence-electron chi connectivity index (χ0n) is 10.4. The van der Waals surface area contributed by atoms with E-state index < -0.39 is 12.0 Å². The Balaban J connectivity index is 2.06. The van der Waals surface area contributed by atoms with Gasteiger partial charge in [0.25, 0.3) is 0 Å². The standard InChI is InChI=1S/C12H11ClN4O3/c1-17-5-4-10(16-17)15-12(20)14-9-3-2-7(11(18)19)6-8(9)13/h2-6H,1H3,(H,18,19)(H2,14,15,16,20). The normalized spacial score (nSPS) is 10.1. The molecular formula is C12H11ClN4O3. The van der Waals surface area contributed by atoms with Crippen LogP contribution >= 0.6 is 11.6 Å². The van der Waals surface area contributed by atoms with Crippen LogP contribution in [-0.2, 0) is 7.05 Å². The van der Waals surface area contributed by atoms with E-state index in [-0.39, 0.29) is 10.6 Å². The Labute approximate surface area is 119 Å². The molecule has 0 aliphatic carbocycles. The van der Waals surface area contributed by atoms with Gasteiger partial charge in [-0.05, 0) is 18.2 Å². The van der Waals surface area contributed by atoms with E-state index in [2.05, 4.69) is 15.7 Å². The third-order valence-electron chi connectivity index (χ3n) is 2.42. The number of benzene rings is 1. The molecule has 0 bridgehead atoms. The summed E-state index contributed by atoms with van der Waals surface area (Å²) in [5, 5.41) is 18.0. The second-order valence-electron chi connectivity index (χ2n) is 3.95. The highest BCUT2D eigenvalue weighted by Gasteiger charge is 2.10. The van der Waals surface area contributed by atoms with Gasteiger partial charge in [-0.1, -0.05) is 11.6 Å². The highest BCUT2D eigenvalue weighted by molar-refractivity contribution is 6.34. The molecule has 0 fully saturated rings. The molecular weight excluding hydrogens is 284 g/mol. The number of urea groups is 1. The van der Waals surface area contributed by atoms with Crippen LogP contribution in [0.1, 0.15) is 10.4 Å². The van der Waals surface area contributed by atoms with E-state index in [0.29, 0.717) is 11.5 Å². The van der Waals surface area contributed by atoms with E-state index in [1.807, 2.05) is 0 Å². The molecule has 0 aliphatic heterocycles. The van der Waals surface area contributed by atoms with Crippen LogP contribution in [0.4, 0.5) is 16.3 Å². The molecule has 2 aromatic rings. The van der Waals surface area contributed by atoms with Crippen molar-refractivity contribution in [3.63, 3.8) is 0 Å². The molecule has 2 amide bonds. The Morgan fingerprint density at radius 2 is 2.05 bits per heavy atom. The predicted molar refractivity (Wildman–Crippen MR) is 74.3 cm³/mol. The summed E-state index contributed by atoms with van der Waals surface area (Å²) in [4.78, 5) is 22.5. The van der Waals surface area contributed by atoms with Crippen LogP contribution in [0.15, 0.2) is 30.5 Å². The number of hydrogen-bond acceptors (Lipinski definition) is 3. The number of nitrogens with one attached hydrogen (secondary N) is 2. The average molecular weight is 295 g/mol. The van der Waals surface area contributed by atoms with Crippen molar-refractivity contribution < 1.29 is 14.7 Å². The molecule has 8 heteroatoms. The summed E-state index contributed by atoms with van der Waals surface area (Å²) in [7, 11) is 1.73. The molecule has 104 valence electrons. The highest BCUT2D eigenvalue weighted by Crippen LogP contribution is 2.23. The number of nitrogens with zero attached hydrogens (tertiary/aromatic N) is 2. The van der Waals surface area contributed by atoms with Crippen LogP contribution in [0.3, 0.4) is 0 Å². The fraction of sp³-hybridized carbons (Fsp3) is 0.0833. The maximum absolute atomic E-state index is 11.7. The summed E-state index contributed by atoms with van der Waals surface area (Å²) in [6.07, 6.45) is 1.68. The van der Waals surface area contributed by atoms with Crippen molar-refractivity contribution in [2.45, 2.75) is 0 Å². The Hall–Kier alpha value is -2.54. The molecule has 7 nitrogen and oxygen atoms in total. The first-order valence-electron chi connectivity index (χ1n) is 5.56. The Bertz CT molecular complexity index is 668. The van der Waals surface area contributed by atoms with Gasteiger partial charge in [0, 0.05) is 19.3 Å². The number of carbonyl (C=O) groups is 2. The lowest BCUT2D eigenvalue weighted by atomic mass is 10.2. The molecule has 1 heterocycles. The number of carbonyl (C=O) groups excluding carboxylic acids is 1. The first-order valence-corrected chi connectivity index (χ1v) is 5.94. The number of rotatable bonds is 3. The van der Waals surface area contributed by atoms with Gasteiger partial charge >= 0.3 is 12.0 Å². The van der Waals surface area contributed by atoms with Crippen LogP contribution in [0.2, 0.25) is 5.02 Å². The smallest absolute Gasteiger partial charge is 0.335 e. The maximum atomic E-state index is 11.7. The van der Waals surface area contributed by atoms with Gasteiger partial charge in [0.1, 0.15) is 0 Å². The first kappa shape index (κ1) is 13.9. The molecule has 0 spiro atoms. The van der Waals surface area contributed by atoms with Gasteiger partial charge in [-0.25, -0.2) is 9.59 Å². The summed E-state index contributed by atoms with van der Waals surface area (Å²) in [6.45, 7) is 0. The van der Waals surface area contributed by atoms with E-state index in [4.69, 9.17) is 16.7 Å². The molecule has 0 unspecified atom stereocenters. The molecule has 3 N–H and O–H groups in total. The summed E-state index contributed by atoms with van der Waals surface area (Å²) in [5.41, 5.74) is 0.357. The third kappa shape index (κ3) is 3.27. The number of hydrogen-bond donors (Lipinski definition) is 3. The molecule has 1 aromatic heterocycles. The molecule has 1 aromatic carbocycles. The van der Waals surface area contributed by atoms with Crippen LogP contribution in [0, 0.1) is 0 Å². The molecule has 0 aliphatic rings. The summed E-state index contributed by atoms with van der Waals surface area (Å²) < 4.78 is 1.55. The highest BCUT2D eigenvalue weighted by atomic mass is 35.5. The topological polar surface area (TPSA) is 96.2 Å². The fourth-order valence-corrected chi connectivity index (χ4v) is 1.73. The molecule has 0 atom stereocenters. The van der Waals surface area contributed by atoms with Crippen molar-refractivity contribution in [1.82, 2.24) is 9.78 Å². The SMILES string of the molecule is Cn1ccc(NC(=O)Nc2ccc(C(=O)O)cc2Cl)n1. The second-order valence-corrected chi connectivity index (χ2v) is 4.36. The lowest BCUT2D eigenvalue weighted by Gasteiger charge is -2.08. The molecule has 0 saturated carbocycles. The van der Waals surface area contributed by atoms with Crippen LogP contribution in [0.25, 0.3) is 0 Å². The number of anilines is 2. The molecule has 2 rings (SSSR count). The van der Waals surface area contributed by atoms with Crippen molar-refractivity contribution >= 4 is 35.1 Å². The van der Waals surface area contributed by atoms with Gasteiger partial charge in [-0.15, -0.1) is 0 Å². The molecule has 0 saturated heterocycles. The second kappa shape index (κ2) is 5.62. The van der Waals surface area contributed by atoms with Crippen molar-refractivity contribution in [2.75, 3.05) is 10.6 Å². The Morgan fingerprint density at radius 3 is 2.60 bits per heavy atom. The number of amides is 2. The van der Waals surface area contributed by atoms with Gasteiger partial charge in [-0.3, -0.25) is 10.00 Å². The number of aromatic nitrogens is 2. The zero-order valence-corrected chi connectivity index (χ0v) is 11.2. The largest absolute Gasteiger partial charge is 0.478 e. The van der Waals surface area contributed by atoms with E-state index in [0.717, 1.165) is 0 Å². The minimum absolute atomic E-state index is 0.0469. The Kier molecular flexibility index (Phi) is 3.90. The van der Waals surface area contributed by atoms with Gasteiger partial charge < -0.3 is 10.4 Å². The predicted octanol–water partition coefficient (Wildman–Crippen LogP) is 2.42.